The molecule has 0 aliphatic rings. The van der Waals surface area contributed by atoms with Gasteiger partial charge in [0, 0.05) is 12.3 Å². The number of carbonyl (C=O) groups is 1. The molecule has 1 rings (SSSR count). The minimum Gasteiger partial charge on any atom is -0.445 e. The molecule has 0 fully saturated rings. The second kappa shape index (κ2) is 9.85. The number of nitrogens with one attached hydrogen (secondary N) is 1. The molecule has 1 aromatic rings. The van der Waals surface area contributed by atoms with Gasteiger partial charge in [-0.05, 0) is 24.1 Å². The van der Waals surface area contributed by atoms with E-state index in [1.54, 1.807) is 0 Å². The van der Waals surface area contributed by atoms with Crippen LogP contribution in [0.5, 0.6) is 0 Å². The topological polar surface area (TPSA) is 66.0 Å². The lowest BCUT2D eigenvalue weighted by Crippen LogP contribution is -2.26. The van der Waals surface area contributed by atoms with Gasteiger partial charge in [0.2, 0.25) is 0 Å². The number of hydrogen-bond acceptors (Lipinski definition) is 5. The van der Waals surface area contributed by atoms with Crippen LogP contribution in [0.15, 0.2) is 24.3 Å². The lowest BCUT2D eigenvalue weighted by atomic mass is 10.1. The average molecular weight is 385 g/mol. The molecule has 0 atom stereocenters. The van der Waals surface area contributed by atoms with Gasteiger partial charge in [0.15, 0.2) is 0 Å². The zero-order chi connectivity index (χ0) is 18.9. The molecule has 0 aliphatic carbocycles. The summed E-state index contributed by atoms with van der Waals surface area (Å²) >= 11 is 0. The Kier molecular flexibility index (Phi) is 8.50. The lowest BCUT2D eigenvalue weighted by molar-refractivity contribution is -0.137. The van der Waals surface area contributed by atoms with Crippen molar-refractivity contribution in [3.05, 3.63) is 35.4 Å². The highest BCUT2D eigenvalue weighted by Crippen LogP contribution is 2.49. The van der Waals surface area contributed by atoms with Gasteiger partial charge in [-0.15, -0.1) is 0 Å². The Hall–Kier alpha value is -1.49. The number of carbonyl (C=O) groups excluding carboxylic acids is 1. The molecule has 1 N–H and O–H groups in total. The molecule has 0 radical (unpaired) electrons. The highest BCUT2D eigenvalue weighted by atomic mass is 32.3. The first-order valence-corrected chi connectivity index (χ1v) is 8.88. The maximum absolute atomic E-state index is 12.4. The summed E-state index contributed by atoms with van der Waals surface area (Å²) in [5, 5.41) is 2.54. The van der Waals surface area contributed by atoms with Gasteiger partial charge in [-0.3, -0.25) is 12.5 Å². The Bertz CT molecular complexity index is 527. The van der Waals surface area contributed by atoms with Crippen LogP contribution in [-0.2, 0) is 30.1 Å². The number of ether oxygens (including phenoxy) is 1. The van der Waals surface area contributed by atoms with Crippen molar-refractivity contribution in [3.8, 4) is 0 Å². The van der Waals surface area contributed by atoms with E-state index in [1.165, 1.54) is 33.5 Å². The van der Waals surface area contributed by atoms with Gasteiger partial charge >= 0.3 is 12.3 Å². The van der Waals surface area contributed by atoms with Crippen LogP contribution in [-0.4, -0.2) is 39.7 Å². The molecule has 25 heavy (non-hydrogen) atoms. The van der Waals surface area contributed by atoms with Crippen molar-refractivity contribution in [1.82, 2.24) is 5.32 Å². The van der Waals surface area contributed by atoms with Crippen LogP contribution in [0.25, 0.3) is 0 Å². The Morgan fingerprint density at radius 1 is 1.08 bits per heavy atom. The van der Waals surface area contributed by atoms with E-state index in [2.05, 4.69) is 5.32 Å². The number of alkyl halides is 3. The first-order chi connectivity index (χ1) is 11.8. The summed E-state index contributed by atoms with van der Waals surface area (Å²) in [4.78, 5) is 11.6. The molecular weight excluding hydrogens is 363 g/mol. The Morgan fingerprint density at radius 2 is 1.64 bits per heavy atom. The van der Waals surface area contributed by atoms with Crippen molar-refractivity contribution >= 4 is 17.0 Å². The molecule has 0 heterocycles. The molecule has 0 bridgehead atoms. The number of alkyl carbamates (subject to hydrolysis) is 1. The molecule has 1 aromatic carbocycles. The molecular formula is C15H22F3NO5S. The predicted molar refractivity (Wildman–Crippen MR) is 87.7 cm³/mol. The average Bonchev–Trinajstić information content (AvgIpc) is 2.60. The van der Waals surface area contributed by atoms with Crippen molar-refractivity contribution in [3.63, 3.8) is 0 Å². The van der Waals surface area contributed by atoms with Gasteiger partial charge in [-0.2, -0.15) is 13.2 Å². The van der Waals surface area contributed by atoms with Crippen LogP contribution in [0.1, 0.15) is 17.5 Å². The summed E-state index contributed by atoms with van der Waals surface area (Å²) in [6.45, 7) is 0.198. The number of amides is 1. The second-order valence-electron chi connectivity index (χ2n) is 4.81. The molecule has 144 valence electrons. The Morgan fingerprint density at radius 3 is 2.12 bits per heavy atom. The van der Waals surface area contributed by atoms with Gasteiger partial charge in [0.1, 0.15) is 6.61 Å². The summed E-state index contributed by atoms with van der Waals surface area (Å²) in [6, 6.07) is 4.42. The fourth-order valence-corrected chi connectivity index (χ4v) is 3.29. The smallest absolute Gasteiger partial charge is 0.416 e. The number of hydrogen-bond donors (Lipinski definition) is 1. The minimum atomic E-state index is -4.39. The van der Waals surface area contributed by atoms with E-state index in [0.29, 0.717) is 24.3 Å². The summed E-state index contributed by atoms with van der Waals surface area (Å²) in [5.41, 5.74) is -0.286. The van der Waals surface area contributed by atoms with E-state index in [1.807, 2.05) is 0 Å². The van der Waals surface area contributed by atoms with Crippen molar-refractivity contribution in [2.45, 2.75) is 19.2 Å². The van der Waals surface area contributed by atoms with E-state index in [4.69, 9.17) is 17.3 Å². The van der Waals surface area contributed by atoms with Crippen LogP contribution in [0, 0.1) is 0 Å². The number of halogens is 3. The van der Waals surface area contributed by atoms with Crippen LogP contribution in [0.4, 0.5) is 18.0 Å². The standard InChI is InChI=1S/C15H22F3NO5S/c1-21-25(22-2,23-3)10-4-9-19-14(20)24-11-12-5-7-13(8-6-12)15(16,17)18/h5-8H,4,9-11H2,1-3H3,(H,19,20). The molecule has 10 heteroatoms. The molecule has 1 amide bonds. The van der Waals surface area contributed by atoms with E-state index >= 15 is 0 Å². The van der Waals surface area contributed by atoms with E-state index < -0.39 is 28.7 Å². The van der Waals surface area contributed by atoms with Gasteiger partial charge in [0.05, 0.1) is 37.8 Å². The predicted octanol–water partition coefficient (Wildman–Crippen LogP) is 3.81. The van der Waals surface area contributed by atoms with E-state index in [0.717, 1.165) is 12.1 Å². The highest BCUT2D eigenvalue weighted by Gasteiger charge is 2.29. The summed E-state index contributed by atoms with van der Waals surface area (Å²) in [6.07, 6.45) is -4.51. The van der Waals surface area contributed by atoms with Crippen LogP contribution < -0.4 is 5.32 Å². The monoisotopic (exact) mass is 385 g/mol. The Labute approximate surface area is 146 Å². The number of benzene rings is 1. The number of rotatable bonds is 9. The second-order valence-corrected chi connectivity index (χ2v) is 7.34. The molecule has 0 aromatic heterocycles. The van der Waals surface area contributed by atoms with Gasteiger partial charge < -0.3 is 10.1 Å². The maximum atomic E-state index is 12.4. The van der Waals surface area contributed by atoms with Crippen LogP contribution in [0.2, 0.25) is 0 Å². The largest absolute Gasteiger partial charge is 0.445 e. The van der Waals surface area contributed by atoms with Crippen molar-refractivity contribution in [1.29, 1.82) is 0 Å². The SMILES string of the molecule is COS(CCCNC(=O)OCc1ccc(C(F)(F)F)cc1)(OC)OC. The first-order valence-electron chi connectivity index (χ1n) is 7.31. The van der Waals surface area contributed by atoms with Gasteiger partial charge in [-0.1, -0.05) is 12.1 Å². The fraction of sp³-hybridized carbons (Fsp3) is 0.533. The van der Waals surface area contributed by atoms with E-state index in [9.17, 15) is 18.0 Å². The summed E-state index contributed by atoms with van der Waals surface area (Å²) in [7, 11) is 2.38. The molecule has 6 nitrogen and oxygen atoms in total. The third-order valence-electron chi connectivity index (χ3n) is 3.25. The summed E-state index contributed by atoms with van der Waals surface area (Å²) < 4.78 is 57.9. The van der Waals surface area contributed by atoms with Crippen molar-refractivity contribution in [2.24, 2.45) is 0 Å². The minimum absolute atomic E-state index is 0.118. The normalized spacial score (nSPS) is 12.7. The molecule has 0 unspecified atom stereocenters. The Balaban J connectivity index is 2.31. The van der Waals surface area contributed by atoms with Crippen molar-refractivity contribution < 1.29 is 35.3 Å². The fourth-order valence-electron chi connectivity index (χ4n) is 1.88. The van der Waals surface area contributed by atoms with E-state index in [-0.39, 0.29) is 6.61 Å². The highest BCUT2D eigenvalue weighted by molar-refractivity contribution is 8.21. The van der Waals surface area contributed by atoms with Gasteiger partial charge in [0.25, 0.3) is 0 Å². The zero-order valence-electron chi connectivity index (χ0n) is 14.2. The third-order valence-corrected chi connectivity index (χ3v) is 5.57. The first kappa shape index (κ1) is 21.6. The lowest BCUT2D eigenvalue weighted by Gasteiger charge is -2.33. The molecule has 0 saturated carbocycles. The summed E-state index contributed by atoms with van der Waals surface area (Å²) in [5.74, 6) is 0.468. The molecule has 0 aliphatic heterocycles. The molecule has 0 saturated heterocycles. The van der Waals surface area contributed by atoms with Crippen LogP contribution in [0.3, 0.4) is 0 Å². The van der Waals surface area contributed by atoms with Crippen molar-refractivity contribution in [2.75, 3.05) is 33.6 Å². The quantitative estimate of drug-likeness (QED) is 0.655. The van der Waals surface area contributed by atoms with Crippen LogP contribution >= 0.6 is 10.9 Å². The third kappa shape index (κ3) is 7.10. The molecule has 0 spiro atoms. The van der Waals surface area contributed by atoms with Gasteiger partial charge in [-0.25, -0.2) is 4.79 Å². The maximum Gasteiger partial charge on any atom is 0.416 e. The zero-order valence-corrected chi connectivity index (χ0v) is 15.0.